The van der Waals surface area contributed by atoms with Gasteiger partial charge in [-0.25, -0.2) is 4.79 Å². The summed E-state index contributed by atoms with van der Waals surface area (Å²) in [7, 11) is 0. The Bertz CT molecular complexity index is 413. The molecule has 0 unspecified atom stereocenters. The summed E-state index contributed by atoms with van der Waals surface area (Å²) in [5, 5.41) is 8.62. The van der Waals surface area contributed by atoms with Crippen LogP contribution in [-0.4, -0.2) is 17.7 Å². The summed E-state index contributed by atoms with van der Waals surface area (Å²) in [4.78, 5) is 10.5. The molecule has 0 saturated carbocycles. The van der Waals surface area contributed by atoms with Gasteiger partial charge in [-0.2, -0.15) is 0 Å². The third-order valence-corrected chi connectivity index (χ3v) is 2.80. The average Bonchev–Trinajstić information content (AvgIpc) is 2.29. The molecule has 0 bridgehead atoms. The second kappa shape index (κ2) is 7.32. The van der Waals surface area contributed by atoms with Gasteiger partial charge in [0, 0.05) is 15.2 Å². The van der Waals surface area contributed by atoms with E-state index in [1.165, 1.54) is 0 Å². The lowest BCUT2D eigenvalue weighted by atomic mass is 10.2. The van der Waals surface area contributed by atoms with Gasteiger partial charge in [-0.3, -0.25) is 0 Å². The highest BCUT2D eigenvalue weighted by molar-refractivity contribution is 14.1. The minimum Gasteiger partial charge on any atom is -0.493 e. The van der Waals surface area contributed by atoms with Gasteiger partial charge in [0.15, 0.2) is 0 Å². The summed E-state index contributed by atoms with van der Waals surface area (Å²) in [6.07, 6.45) is 4.75. The highest BCUT2D eigenvalue weighted by Crippen LogP contribution is 2.23. The molecule has 0 heterocycles. The van der Waals surface area contributed by atoms with Crippen LogP contribution in [0, 0.1) is 3.57 Å². The molecule has 17 heavy (non-hydrogen) atoms. The van der Waals surface area contributed by atoms with Crippen LogP contribution in [0.5, 0.6) is 5.75 Å². The van der Waals surface area contributed by atoms with E-state index in [9.17, 15) is 4.79 Å². The number of ether oxygens (including phenoxy) is 1. The monoisotopic (exact) mass is 346 g/mol. The number of hydrogen-bond acceptors (Lipinski definition) is 2. The summed E-state index contributed by atoms with van der Waals surface area (Å²) < 4.78 is 6.67. The summed E-state index contributed by atoms with van der Waals surface area (Å²) in [6.45, 7) is 2.76. The highest BCUT2D eigenvalue weighted by Gasteiger charge is 2.02. The van der Waals surface area contributed by atoms with E-state index >= 15 is 0 Å². The largest absolute Gasteiger partial charge is 0.493 e. The minimum absolute atomic E-state index is 0.658. The fourth-order valence-electron chi connectivity index (χ4n) is 1.27. The molecule has 0 aliphatic carbocycles. The first-order valence-electron chi connectivity index (χ1n) is 5.47. The number of hydrogen-bond donors (Lipinski definition) is 1. The average molecular weight is 346 g/mol. The molecular formula is C13H15IO3. The molecule has 0 aliphatic heterocycles. The van der Waals surface area contributed by atoms with Crippen molar-refractivity contribution in [1.82, 2.24) is 0 Å². The quantitative estimate of drug-likeness (QED) is 0.487. The van der Waals surface area contributed by atoms with Crippen molar-refractivity contribution in [2.75, 3.05) is 6.61 Å². The first kappa shape index (κ1) is 14.0. The molecule has 0 amide bonds. The molecule has 0 saturated heterocycles. The molecule has 4 heteroatoms. The van der Waals surface area contributed by atoms with Crippen molar-refractivity contribution in [1.29, 1.82) is 0 Å². The standard InChI is InChI=1S/C13H15IO3/c1-2-3-8-17-12-6-5-11(14)9-10(12)4-7-13(15)16/h4-7,9H,2-3,8H2,1H3,(H,15,16)/b7-4+. The predicted molar refractivity (Wildman–Crippen MR) is 76.2 cm³/mol. The molecule has 0 atom stereocenters. The van der Waals surface area contributed by atoms with Gasteiger partial charge in [-0.15, -0.1) is 0 Å². The second-order valence-corrected chi connectivity index (χ2v) is 4.80. The SMILES string of the molecule is CCCCOc1ccc(I)cc1/C=C/C(=O)O. The molecule has 0 aliphatic rings. The molecule has 1 rings (SSSR count). The molecule has 0 radical (unpaired) electrons. The number of carbonyl (C=O) groups is 1. The van der Waals surface area contributed by atoms with Crippen LogP contribution < -0.4 is 4.74 Å². The Hall–Kier alpha value is -1.04. The number of carboxylic acids is 1. The number of unbranched alkanes of at least 4 members (excludes halogenated alkanes) is 1. The van der Waals surface area contributed by atoms with Crippen LogP contribution in [0.3, 0.4) is 0 Å². The van der Waals surface area contributed by atoms with E-state index in [4.69, 9.17) is 9.84 Å². The maximum atomic E-state index is 10.5. The van der Waals surface area contributed by atoms with E-state index in [1.54, 1.807) is 6.08 Å². The van der Waals surface area contributed by atoms with E-state index in [0.29, 0.717) is 6.61 Å². The molecular weight excluding hydrogens is 331 g/mol. The Kier molecular flexibility index (Phi) is 6.04. The van der Waals surface area contributed by atoms with Crippen LogP contribution in [0.2, 0.25) is 0 Å². The lowest BCUT2D eigenvalue weighted by Gasteiger charge is -2.09. The van der Waals surface area contributed by atoms with Crippen molar-refractivity contribution < 1.29 is 14.6 Å². The van der Waals surface area contributed by atoms with E-state index in [0.717, 1.165) is 33.8 Å². The zero-order chi connectivity index (χ0) is 12.7. The molecule has 92 valence electrons. The Morgan fingerprint density at radius 3 is 2.94 bits per heavy atom. The normalized spacial score (nSPS) is 10.7. The highest BCUT2D eigenvalue weighted by atomic mass is 127. The Labute approximate surface area is 115 Å². The van der Waals surface area contributed by atoms with Gasteiger partial charge in [0.1, 0.15) is 5.75 Å². The van der Waals surface area contributed by atoms with Gasteiger partial charge in [-0.05, 0) is 53.3 Å². The predicted octanol–water partition coefficient (Wildman–Crippen LogP) is 3.57. The van der Waals surface area contributed by atoms with E-state index in [1.807, 2.05) is 18.2 Å². The van der Waals surface area contributed by atoms with Gasteiger partial charge >= 0.3 is 5.97 Å². The fraction of sp³-hybridized carbons (Fsp3) is 0.308. The third kappa shape index (κ3) is 5.21. The van der Waals surface area contributed by atoms with Crippen molar-refractivity contribution >= 4 is 34.6 Å². The second-order valence-electron chi connectivity index (χ2n) is 3.56. The topological polar surface area (TPSA) is 46.5 Å². The summed E-state index contributed by atoms with van der Waals surface area (Å²) in [5.74, 6) is -0.222. The van der Waals surface area contributed by atoms with Gasteiger partial charge in [0.25, 0.3) is 0 Å². The van der Waals surface area contributed by atoms with Crippen LogP contribution in [0.25, 0.3) is 6.08 Å². The molecule has 3 nitrogen and oxygen atoms in total. The maximum absolute atomic E-state index is 10.5. The number of carboxylic acid groups (broad SMARTS) is 1. The van der Waals surface area contributed by atoms with Gasteiger partial charge in [0.2, 0.25) is 0 Å². The van der Waals surface area contributed by atoms with Gasteiger partial charge < -0.3 is 9.84 Å². The van der Waals surface area contributed by atoms with Gasteiger partial charge in [0.05, 0.1) is 6.61 Å². The van der Waals surface area contributed by atoms with Crippen LogP contribution >= 0.6 is 22.6 Å². The van der Waals surface area contributed by atoms with Gasteiger partial charge in [-0.1, -0.05) is 13.3 Å². The summed E-state index contributed by atoms with van der Waals surface area (Å²) >= 11 is 2.19. The van der Waals surface area contributed by atoms with Crippen LogP contribution in [0.15, 0.2) is 24.3 Å². The van der Waals surface area contributed by atoms with Crippen LogP contribution in [0.1, 0.15) is 25.3 Å². The Balaban J connectivity index is 2.83. The number of rotatable bonds is 6. The van der Waals surface area contributed by atoms with Crippen molar-refractivity contribution in [2.24, 2.45) is 0 Å². The number of aliphatic carboxylic acids is 1. The molecule has 0 fully saturated rings. The fourth-order valence-corrected chi connectivity index (χ4v) is 1.78. The van der Waals surface area contributed by atoms with Crippen molar-refractivity contribution in [3.63, 3.8) is 0 Å². The van der Waals surface area contributed by atoms with E-state index in [-0.39, 0.29) is 0 Å². The molecule has 0 aromatic heterocycles. The Morgan fingerprint density at radius 1 is 1.53 bits per heavy atom. The van der Waals surface area contributed by atoms with Crippen molar-refractivity contribution in [3.05, 3.63) is 33.4 Å². The number of halogens is 1. The van der Waals surface area contributed by atoms with Crippen LogP contribution in [-0.2, 0) is 4.79 Å². The zero-order valence-corrected chi connectivity index (χ0v) is 11.8. The molecule has 1 aromatic rings. The molecule has 0 spiro atoms. The maximum Gasteiger partial charge on any atom is 0.328 e. The lowest BCUT2D eigenvalue weighted by Crippen LogP contribution is -1.98. The van der Waals surface area contributed by atoms with E-state index < -0.39 is 5.97 Å². The molecule has 1 N–H and O–H groups in total. The summed E-state index contributed by atoms with van der Waals surface area (Å²) in [6, 6.07) is 5.72. The van der Waals surface area contributed by atoms with Crippen LogP contribution in [0.4, 0.5) is 0 Å². The van der Waals surface area contributed by atoms with Crippen molar-refractivity contribution in [3.8, 4) is 5.75 Å². The minimum atomic E-state index is -0.955. The summed E-state index contributed by atoms with van der Waals surface area (Å²) in [5.41, 5.74) is 0.801. The van der Waals surface area contributed by atoms with Crippen molar-refractivity contribution in [2.45, 2.75) is 19.8 Å². The number of benzene rings is 1. The Morgan fingerprint density at radius 2 is 2.29 bits per heavy atom. The zero-order valence-electron chi connectivity index (χ0n) is 9.65. The smallest absolute Gasteiger partial charge is 0.328 e. The first-order chi connectivity index (χ1) is 8.13. The van der Waals surface area contributed by atoms with E-state index in [2.05, 4.69) is 29.5 Å². The first-order valence-corrected chi connectivity index (χ1v) is 6.54. The third-order valence-electron chi connectivity index (χ3n) is 2.13. The lowest BCUT2D eigenvalue weighted by molar-refractivity contribution is -0.131. The molecule has 1 aromatic carbocycles.